The highest BCUT2D eigenvalue weighted by atomic mass is 32.2. The highest BCUT2D eigenvalue weighted by Crippen LogP contribution is 2.08. The van der Waals surface area contributed by atoms with Gasteiger partial charge < -0.3 is 16.8 Å². The Bertz CT molecular complexity index is 185. The fourth-order valence-corrected chi connectivity index (χ4v) is 1.58. The summed E-state index contributed by atoms with van der Waals surface area (Å²) < 4.78 is 0. The van der Waals surface area contributed by atoms with Crippen LogP contribution in [-0.2, 0) is 4.79 Å². The van der Waals surface area contributed by atoms with Crippen molar-refractivity contribution in [2.24, 2.45) is 11.5 Å². The zero-order valence-electron chi connectivity index (χ0n) is 8.53. The van der Waals surface area contributed by atoms with Crippen molar-refractivity contribution in [2.45, 2.75) is 25.3 Å². The van der Waals surface area contributed by atoms with Gasteiger partial charge in [0.1, 0.15) is 0 Å². The van der Waals surface area contributed by atoms with Gasteiger partial charge >= 0.3 is 0 Å². The molecule has 0 saturated carbocycles. The molecule has 0 aromatic rings. The van der Waals surface area contributed by atoms with E-state index in [1.54, 1.807) is 0 Å². The van der Waals surface area contributed by atoms with E-state index in [4.69, 9.17) is 11.5 Å². The Labute approximate surface area is 89.5 Å². The third kappa shape index (κ3) is 6.01. The van der Waals surface area contributed by atoms with Crippen molar-refractivity contribution in [2.75, 3.05) is 12.8 Å². The molecule has 82 valence electrons. The first kappa shape index (κ1) is 13.5. The molecule has 14 heavy (non-hydrogen) atoms. The van der Waals surface area contributed by atoms with Crippen molar-refractivity contribution in [1.29, 1.82) is 0 Å². The highest BCUT2D eigenvalue weighted by molar-refractivity contribution is 8.01. The van der Waals surface area contributed by atoms with Crippen molar-refractivity contribution in [3.63, 3.8) is 0 Å². The summed E-state index contributed by atoms with van der Waals surface area (Å²) in [7, 11) is 0. The first-order valence-corrected chi connectivity index (χ1v) is 5.93. The predicted molar refractivity (Wildman–Crippen MR) is 61.7 cm³/mol. The molecule has 0 fully saturated rings. The molecule has 0 rings (SSSR count). The van der Waals surface area contributed by atoms with Gasteiger partial charge in [0, 0.05) is 11.7 Å². The van der Waals surface area contributed by atoms with Gasteiger partial charge in [0.2, 0.25) is 6.41 Å². The van der Waals surface area contributed by atoms with Crippen LogP contribution < -0.4 is 16.8 Å². The average Bonchev–Trinajstić information content (AvgIpc) is 2.18. The van der Waals surface area contributed by atoms with Gasteiger partial charge in [-0.2, -0.15) is 0 Å². The molecule has 0 aromatic carbocycles. The van der Waals surface area contributed by atoms with Crippen molar-refractivity contribution in [3.8, 4) is 0 Å². The Balaban J connectivity index is 3.94. The second-order valence-electron chi connectivity index (χ2n) is 2.96. The van der Waals surface area contributed by atoms with Crippen LogP contribution in [0.15, 0.2) is 11.1 Å². The van der Waals surface area contributed by atoms with Crippen LogP contribution in [0.3, 0.4) is 0 Å². The number of nitrogens with one attached hydrogen (secondary N) is 1. The number of amides is 1. The Morgan fingerprint density at radius 2 is 2.29 bits per heavy atom. The fraction of sp³-hybridized carbons (Fsp3) is 0.667. The van der Waals surface area contributed by atoms with E-state index in [1.165, 1.54) is 11.8 Å². The molecule has 0 heterocycles. The number of hydrogen-bond acceptors (Lipinski definition) is 4. The summed E-state index contributed by atoms with van der Waals surface area (Å²) in [5, 5.41) is 4.48. The average molecular weight is 217 g/mol. The lowest BCUT2D eigenvalue weighted by molar-refractivity contribution is -0.109. The lowest BCUT2D eigenvalue weighted by Gasteiger charge is -2.14. The highest BCUT2D eigenvalue weighted by Gasteiger charge is 2.07. The maximum Gasteiger partial charge on any atom is 0.211 e. The van der Waals surface area contributed by atoms with Gasteiger partial charge in [-0.15, -0.1) is 11.8 Å². The van der Waals surface area contributed by atoms with Crippen LogP contribution in [0.1, 0.15) is 19.3 Å². The fourth-order valence-electron chi connectivity index (χ4n) is 1.09. The van der Waals surface area contributed by atoms with Gasteiger partial charge in [-0.25, -0.2) is 0 Å². The molecule has 5 heteroatoms. The molecule has 0 spiro atoms. The molecule has 1 amide bonds. The SMILES string of the molecule is CS/C=C(\NC=O)C(N)CCCCN. The molecule has 0 saturated heterocycles. The second kappa shape index (κ2) is 9.05. The minimum atomic E-state index is -0.0980. The number of nitrogens with two attached hydrogens (primary N) is 2. The molecule has 0 bridgehead atoms. The number of hydrogen-bond donors (Lipinski definition) is 3. The molecule has 0 aromatic heterocycles. The summed E-state index contributed by atoms with van der Waals surface area (Å²) in [5.74, 6) is 0. The van der Waals surface area contributed by atoms with Crippen LogP contribution in [0, 0.1) is 0 Å². The minimum Gasteiger partial charge on any atom is -0.330 e. The zero-order chi connectivity index (χ0) is 10.8. The first-order valence-electron chi connectivity index (χ1n) is 4.65. The largest absolute Gasteiger partial charge is 0.330 e. The van der Waals surface area contributed by atoms with E-state index in [2.05, 4.69) is 5.32 Å². The van der Waals surface area contributed by atoms with Gasteiger partial charge in [-0.05, 0) is 31.1 Å². The van der Waals surface area contributed by atoms with Crippen molar-refractivity contribution < 1.29 is 4.79 Å². The van der Waals surface area contributed by atoms with E-state index >= 15 is 0 Å². The van der Waals surface area contributed by atoms with Crippen LogP contribution in [-0.4, -0.2) is 25.3 Å². The molecule has 5 N–H and O–H groups in total. The lowest BCUT2D eigenvalue weighted by atomic mass is 10.1. The summed E-state index contributed by atoms with van der Waals surface area (Å²) in [5.41, 5.74) is 12.0. The minimum absolute atomic E-state index is 0.0980. The normalized spacial score (nSPS) is 13.8. The smallest absolute Gasteiger partial charge is 0.211 e. The van der Waals surface area contributed by atoms with E-state index in [0.717, 1.165) is 25.0 Å². The molecule has 1 atom stereocenters. The number of rotatable bonds is 8. The van der Waals surface area contributed by atoms with Crippen molar-refractivity contribution in [3.05, 3.63) is 11.1 Å². The molecular formula is C9H19N3OS. The molecule has 0 aliphatic carbocycles. The number of carbonyl (C=O) groups is 1. The summed E-state index contributed by atoms with van der Waals surface area (Å²) in [6.07, 6.45) is 5.40. The van der Waals surface area contributed by atoms with E-state index in [9.17, 15) is 4.79 Å². The summed E-state index contributed by atoms with van der Waals surface area (Å²) in [6, 6.07) is -0.0980. The number of carbonyl (C=O) groups excluding carboxylic acids is 1. The van der Waals surface area contributed by atoms with Gasteiger partial charge in [-0.3, -0.25) is 4.79 Å². The van der Waals surface area contributed by atoms with Crippen LogP contribution in [0.4, 0.5) is 0 Å². The number of unbranched alkanes of at least 4 members (excludes halogenated alkanes) is 1. The summed E-state index contributed by atoms with van der Waals surface area (Å²) >= 11 is 1.53. The molecule has 0 aliphatic rings. The Kier molecular flexibility index (Phi) is 8.72. The molecule has 0 aliphatic heterocycles. The molecule has 0 radical (unpaired) electrons. The van der Waals surface area contributed by atoms with Gasteiger partial charge in [-0.1, -0.05) is 6.42 Å². The van der Waals surface area contributed by atoms with E-state index in [0.29, 0.717) is 13.0 Å². The topological polar surface area (TPSA) is 81.1 Å². The Hall–Kier alpha value is -0.520. The molecule has 1 unspecified atom stereocenters. The summed E-state index contributed by atoms with van der Waals surface area (Å²) in [6.45, 7) is 0.690. The lowest BCUT2D eigenvalue weighted by Crippen LogP contribution is -2.30. The molecular weight excluding hydrogens is 198 g/mol. The maximum absolute atomic E-state index is 10.3. The van der Waals surface area contributed by atoms with Crippen LogP contribution in [0.25, 0.3) is 0 Å². The third-order valence-corrected chi connectivity index (χ3v) is 2.33. The van der Waals surface area contributed by atoms with E-state index in [-0.39, 0.29) is 6.04 Å². The maximum atomic E-state index is 10.3. The van der Waals surface area contributed by atoms with Crippen molar-refractivity contribution >= 4 is 18.2 Å². The second-order valence-corrected chi connectivity index (χ2v) is 3.67. The van der Waals surface area contributed by atoms with Crippen LogP contribution in [0.2, 0.25) is 0 Å². The van der Waals surface area contributed by atoms with Gasteiger partial charge in [0.05, 0.1) is 0 Å². The quantitative estimate of drug-likeness (QED) is 0.406. The Morgan fingerprint density at radius 1 is 1.57 bits per heavy atom. The van der Waals surface area contributed by atoms with E-state index < -0.39 is 0 Å². The monoisotopic (exact) mass is 217 g/mol. The van der Waals surface area contributed by atoms with Gasteiger partial charge in [0.25, 0.3) is 0 Å². The van der Waals surface area contributed by atoms with E-state index in [1.807, 2.05) is 11.7 Å². The first-order chi connectivity index (χ1) is 6.76. The van der Waals surface area contributed by atoms with Crippen molar-refractivity contribution in [1.82, 2.24) is 5.32 Å². The molecule has 4 nitrogen and oxygen atoms in total. The predicted octanol–water partition coefficient (Wildman–Crippen LogP) is 0.393. The number of thioether (sulfide) groups is 1. The third-order valence-electron chi connectivity index (χ3n) is 1.84. The standard InChI is InChI=1S/C9H19N3OS/c1-14-6-9(12-7-13)8(11)4-2-3-5-10/h6-8H,2-5,10-11H2,1H3,(H,12,13)/b9-6-. The Morgan fingerprint density at radius 3 is 2.79 bits per heavy atom. The van der Waals surface area contributed by atoms with Crippen LogP contribution in [0.5, 0.6) is 0 Å². The zero-order valence-corrected chi connectivity index (χ0v) is 9.35. The van der Waals surface area contributed by atoms with Gasteiger partial charge in [0.15, 0.2) is 0 Å². The summed E-state index contributed by atoms with van der Waals surface area (Å²) in [4.78, 5) is 10.3. The van der Waals surface area contributed by atoms with Crippen LogP contribution >= 0.6 is 11.8 Å².